The van der Waals surface area contributed by atoms with Crippen molar-refractivity contribution >= 4 is 30.0 Å². The number of rotatable bonds is 4. The fourth-order valence-electron chi connectivity index (χ4n) is 1.49. The Bertz CT molecular complexity index is 562. The SMILES string of the molecule is CN(C)P1(N)=NP(N)(N(C)C)=NP(N)(N(C)C)=NP(N)(N(C)C)=N1. The molecule has 12 nitrogen and oxygen atoms in total. The van der Waals surface area contributed by atoms with Crippen molar-refractivity contribution in [2.24, 2.45) is 40.1 Å². The summed E-state index contributed by atoms with van der Waals surface area (Å²) in [5.41, 5.74) is 26.2. The largest absolute Gasteiger partial charge is 0.267 e. The summed E-state index contributed by atoms with van der Waals surface area (Å²) in [6, 6.07) is 0. The highest BCUT2D eigenvalue weighted by atomic mass is 31.3. The van der Waals surface area contributed by atoms with Crippen molar-refractivity contribution in [2.75, 3.05) is 56.4 Å². The maximum Gasteiger partial charge on any atom is 0.215 e. The lowest BCUT2D eigenvalue weighted by Gasteiger charge is -2.37. The lowest BCUT2D eigenvalue weighted by Crippen LogP contribution is -2.23. The molecule has 1 aliphatic rings. The Balaban J connectivity index is 4.07. The monoisotopic (exact) mass is 420 g/mol. The average Bonchev–Trinajstić information content (AvgIpc) is 2.35. The number of nitrogens with zero attached hydrogens (tertiary/aromatic N) is 8. The van der Waals surface area contributed by atoms with E-state index < -0.39 is 30.0 Å². The molecule has 0 aromatic heterocycles. The third kappa shape index (κ3) is 4.46. The van der Waals surface area contributed by atoms with Crippen LogP contribution in [0.25, 0.3) is 0 Å². The van der Waals surface area contributed by atoms with Gasteiger partial charge in [0.1, 0.15) is 0 Å². The molecular formula is C8H32N12P4. The van der Waals surface area contributed by atoms with Crippen LogP contribution in [0.1, 0.15) is 0 Å². The predicted octanol–water partition coefficient (Wildman–Crippen LogP) is 1.87. The van der Waals surface area contributed by atoms with Gasteiger partial charge in [0.25, 0.3) is 0 Å². The minimum Gasteiger partial charge on any atom is -0.267 e. The second-order valence-corrected chi connectivity index (χ2v) is 17.2. The van der Waals surface area contributed by atoms with E-state index in [1.807, 2.05) is 0 Å². The summed E-state index contributed by atoms with van der Waals surface area (Å²) in [7, 11) is 3.08. The van der Waals surface area contributed by atoms with Crippen molar-refractivity contribution in [3.05, 3.63) is 0 Å². The summed E-state index contributed by atoms with van der Waals surface area (Å²) in [6.07, 6.45) is 0. The number of hydrogen-bond donors (Lipinski definition) is 4. The van der Waals surface area contributed by atoms with Crippen molar-refractivity contribution in [2.45, 2.75) is 0 Å². The van der Waals surface area contributed by atoms with Crippen molar-refractivity contribution in [3.63, 3.8) is 0 Å². The molecule has 0 amide bonds. The Morgan fingerprint density at radius 2 is 0.542 bits per heavy atom. The highest BCUT2D eigenvalue weighted by molar-refractivity contribution is 7.83. The van der Waals surface area contributed by atoms with Crippen LogP contribution in [-0.2, 0) is 0 Å². The summed E-state index contributed by atoms with van der Waals surface area (Å²) in [6.45, 7) is 0. The topological polar surface area (TPSA) is 166 Å². The first-order chi connectivity index (χ1) is 10.6. The Kier molecular flexibility index (Phi) is 6.90. The van der Waals surface area contributed by atoms with Crippen LogP contribution in [0.15, 0.2) is 18.1 Å². The first-order valence-electron chi connectivity index (χ1n) is 7.01. The maximum atomic E-state index is 6.55. The molecule has 24 heavy (non-hydrogen) atoms. The van der Waals surface area contributed by atoms with Gasteiger partial charge >= 0.3 is 0 Å². The van der Waals surface area contributed by atoms with E-state index in [1.54, 1.807) is 75.1 Å². The van der Waals surface area contributed by atoms with Crippen LogP contribution in [0.5, 0.6) is 0 Å². The zero-order valence-corrected chi connectivity index (χ0v) is 19.3. The van der Waals surface area contributed by atoms with Gasteiger partial charge in [-0.25, -0.2) is 18.7 Å². The molecule has 0 saturated carbocycles. The van der Waals surface area contributed by atoms with E-state index in [9.17, 15) is 0 Å². The predicted molar refractivity (Wildman–Crippen MR) is 109 cm³/mol. The van der Waals surface area contributed by atoms with E-state index >= 15 is 0 Å². The van der Waals surface area contributed by atoms with Crippen LogP contribution in [0.2, 0.25) is 0 Å². The van der Waals surface area contributed by atoms with E-state index in [0.717, 1.165) is 0 Å². The van der Waals surface area contributed by atoms with Gasteiger partial charge in [-0.1, -0.05) is 0 Å². The van der Waals surface area contributed by atoms with Crippen molar-refractivity contribution < 1.29 is 0 Å². The normalized spacial score (nSPS) is 40.7. The number of nitrogens with two attached hydrogens (primary N) is 4. The van der Waals surface area contributed by atoms with Crippen LogP contribution in [0.3, 0.4) is 0 Å². The second kappa shape index (κ2) is 7.31. The molecule has 0 bridgehead atoms. The van der Waals surface area contributed by atoms with Gasteiger partial charge in [-0.2, -0.15) is 18.1 Å². The molecule has 16 heteroatoms. The van der Waals surface area contributed by atoms with Gasteiger partial charge in [0, 0.05) is 0 Å². The van der Waals surface area contributed by atoms with E-state index in [4.69, 9.17) is 40.1 Å². The Morgan fingerprint density at radius 1 is 0.417 bits per heavy atom. The highest BCUT2D eigenvalue weighted by Gasteiger charge is 2.35. The minimum absolute atomic E-state index is 1.76. The second-order valence-electron chi connectivity index (χ2n) is 6.21. The molecule has 0 aromatic carbocycles. The van der Waals surface area contributed by atoms with Gasteiger partial charge in [0.15, 0.2) is 0 Å². The molecule has 0 spiro atoms. The summed E-state index contributed by atoms with van der Waals surface area (Å²) in [5.74, 6) is 0. The molecule has 144 valence electrons. The van der Waals surface area contributed by atoms with Crippen LogP contribution >= 0.6 is 30.0 Å². The van der Waals surface area contributed by atoms with Gasteiger partial charge in [-0.15, -0.1) is 0 Å². The quantitative estimate of drug-likeness (QED) is 0.500. The Morgan fingerprint density at radius 3 is 0.625 bits per heavy atom. The van der Waals surface area contributed by atoms with Crippen LogP contribution < -0.4 is 22.0 Å². The summed E-state index contributed by atoms with van der Waals surface area (Å²) in [5, 5.41) is 0. The number of hydrogen-bond acceptors (Lipinski definition) is 12. The zero-order chi connectivity index (χ0) is 19.1. The first kappa shape index (κ1) is 22.6. The third-order valence-corrected chi connectivity index (χ3v) is 16.5. The molecule has 0 atom stereocenters. The lowest BCUT2D eigenvalue weighted by molar-refractivity contribution is 0.644. The molecule has 1 aliphatic heterocycles. The maximum absolute atomic E-state index is 6.55. The fraction of sp³-hybridized carbons (Fsp3) is 1.00. The Hall–Kier alpha value is 0.600. The molecule has 0 fully saturated rings. The molecule has 8 N–H and O–H groups in total. The van der Waals surface area contributed by atoms with Gasteiger partial charge in [-0.05, 0) is 56.4 Å². The van der Waals surface area contributed by atoms with E-state index in [1.165, 1.54) is 0 Å². The van der Waals surface area contributed by atoms with Crippen LogP contribution in [-0.4, -0.2) is 75.1 Å². The van der Waals surface area contributed by atoms with Crippen molar-refractivity contribution in [1.82, 2.24) is 18.7 Å². The minimum atomic E-state index is -2.84. The Labute approximate surface area is 145 Å². The van der Waals surface area contributed by atoms with E-state index in [0.29, 0.717) is 0 Å². The zero-order valence-electron chi connectivity index (χ0n) is 15.7. The van der Waals surface area contributed by atoms with Gasteiger partial charge in [0.2, 0.25) is 30.0 Å². The molecule has 0 aliphatic carbocycles. The van der Waals surface area contributed by atoms with E-state index in [2.05, 4.69) is 0 Å². The van der Waals surface area contributed by atoms with Crippen LogP contribution in [0, 0.1) is 0 Å². The molecule has 0 radical (unpaired) electrons. The molecule has 0 unspecified atom stereocenters. The van der Waals surface area contributed by atoms with Gasteiger partial charge in [-0.3, -0.25) is 22.0 Å². The van der Waals surface area contributed by atoms with Crippen LogP contribution in [0.4, 0.5) is 0 Å². The van der Waals surface area contributed by atoms with Crippen molar-refractivity contribution in [3.8, 4) is 0 Å². The fourth-order valence-corrected chi connectivity index (χ4v) is 14.7. The van der Waals surface area contributed by atoms with Crippen molar-refractivity contribution in [1.29, 1.82) is 0 Å². The van der Waals surface area contributed by atoms with E-state index in [-0.39, 0.29) is 0 Å². The van der Waals surface area contributed by atoms with Gasteiger partial charge in [0.05, 0.1) is 0 Å². The summed E-state index contributed by atoms with van der Waals surface area (Å²) < 4.78 is 26.0. The average molecular weight is 420 g/mol. The summed E-state index contributed by atoms with van der Waals surface area (Å²) in [4.78, 5) is 0. The lowest BCUT2D eigenvalue weighted by atomic mass is 11.3. The first-order valence-corrected chi connectivity index (χ1v) is 13.9. The molecular weight excluding hydrogens is 388 g/mol. The molecule has 0 aromatic rings. The molecule has 1 heterocycles. The summed E-state index contributed by atoms with van der Waals surface area (Å²) >= 11 is 0. The smallest absolute Gasteiger partial charge is 0.215 e. The molecule has 1 rings (SSSR count). The van der Waals surface area contributed by atoms with Gasteiger partial charge < -0.3 is 0 Å². The standard InChI is InChI=1S/C8H32N12P4/c1-17(2)21(9)13-22(10,18(3)4)15-24(12,20(7)8)16-23(11,14-21)19(5)6/h9-12H2,1-8H3. The molecule has 0 saturated heterocycles. The highest BCUT2D eigenvalue weighted by Crippen LogP contribution is 2.72. The third-order valence-electron chi connectivity index (χ3n) is 3.41.